The van der Waals surface area contributed by atoms with Gasteiger partial charge >= 0.3 is 5.97 Å². The zero-order valence-electron chi connectivity index (χ0n) is 11.9. The van der Waals surface area contributed by atoms with E-state index >= 15 is 0 Å². The van der Waals surface area contributed by atoms with Crippen molar-refractivity contribution in [3.8, 4) is 0 Å². The van der Waals surface area contributed by atoms with Crippen molar-refractivity contribution in [3.05, 3.63) is 23.8 Å². The Kier molecular flexibility index (Phi) is 4.01. The summed E-state index contributed by atoms with van der Waals surface area (Å²) in [6, 6.07) is 5.11. The van der Waals surface area contributed by atoms with Crippen molar-refractivity contribution in [2.45, 2.75) is 13.0 Å². The number of aliphatic carboxylic acids is 1. The molecule has 8 nitrogen and oxygen atoms in total. The molecule has 1 N–H and O–H groups in total. The molecule has 1 aromatic heterocycles. The van der Waals surface area contributed by atoms with E-state index in [1.54, 1.807) is 23.1 Å². The molecule has 1 aliphatic heterocycles. The molecule has 3 rings (SSSR count). The monoisotopic (exact) mass is 304 g/mol. The Morgan fingerprint density at radius 2 is 1.91 bits per heavy atom. The molecule has 0 radical (unpaired) electrons. The number of nitrogens with zero attached hydrogens (tertiary/aromatic N) is 4. The van der Waals surface area contributed by atoms with Gasteiger partial charge in [0.1, 0.15) is 17.6 Å². The second kappa shape index (κ2) is 6.10. The number of ether oxygens (including phenoxy) is 1. The summed E-state index contributed by atoms with van der Waals surface area (Å²) < 4.78 is 5.21. The molecule has 1 amide bonds. The number of morpholine rings is 1. The van der Waals surface area contributed by atoms with E-state index in [9.17, 15) is 9.59 Å². The van der Waals surface area contributed by atoms with E-state index in [0.717, 1.165) is 0 Å². The summed E-state index contributed by atoms with van der Waals surface area (Å²) in [4.78, 5) is 26.0. The number of carboxylic acids is 1. The van der Waals surface area contributed by atoms with Crippen molar-refractivity contribution >= 4 is 22.9 Å². The van der Waals surface area contributed by atoms with Crippen LogP contribution in [0.15, 0.2) is 18.2 Å². The Hall–Kier alpha value is -2.48. The second-order valence-electron chi connectivity index (χ2n) is 5.12. The van der Waals surface area contributed by atoms with Gasteiger partial charge in [0.2, 0.25) is 5.91 Å². The van der Waals surface area contributed by atoms with Gasteiger partial charge in [0.15, 0.2) is 0 Å². The maximum Gasteiger partial charge on any atom is 0.307 e. The number of hydrogen-bond donors (Lipinski definition) is 1. The third-order valence-corrected chi connectivity index (χ3v) is 3.48. The van der Waals surface area contributed by atoms with Crippen LogP contribution in [0.3, 0.4) is 0 Å². The molecule has 1 aliphatic rings. The Bertz CT molecular complexity index is 706. The van der Waals surface area contributed by atoms with Gasteiger partial charge in [-0.3, -0.25) is 9.59 Å². The van der Waals surface area contributed by atoms with Crippen molar-refractivity contribution in [1.82, 2.24) is 19.9 Å². The van der Waals surface area contributed by atoms with Crippen LogP contribution in [0.5, 0.6) is 0 Å². The fourth-order valence-electron chi connectivity index (χ4n) is 2.39. The SMILES string of the molecule is O=C(O)Cc1ccc2nn(CC(=O)N3CCOCC3)nc2c1. The number of carboxylic acid groups (broad SMARTS) is 1. The molecule has 0 bridgehead atoms. The average Bonchev–Trinajstić information content (AvgIpc) is 2.89. The van der Waals surface area contributed by atoms with Gasteiger partial charge in [-0.2, -0.15) is 15.0 Å². The number of carbonyl (C=O) groups is 2. The lowest BCUT2D eigenvalue weighted by atomic mass is 10.1. The van der Waals surface area contributed by atoms with Crippen LogP contribution < -0.4 is 0 Å². The minimum Gasteiger partial charge on any atom is -0.481 e. The summed E-state index contributed by atoms with van der Waals surface area (Å²) in [7, 11) is 0. The van der Waals surface area contributed by atoms with Gasteiger partial charge in [-0.15, -0.1) is 0 Å². The largest absolute Gasteiger partial charge is 0.481 e. The van der Waals surface area contributed by atoms with Gasteiger partial charge in [0, 0.05) is 13.1 Å². The summed E-state index contributed by atoms with van der Waals surface area (Å²) in [6.07, 6.45) is -0.0600. The zero-order chi connectivity index (χ0) is 15.5. The summed E-state index contributed by atoms with van der Waals surface area (Å²) in [5, 5.41) is 17.3. The minimum atomic E-state index is -0.894. The summed E-state index contributed by atoms with van der Waals surface area (Å²) in [5.41, 5.74) is 1.89. The van der Waals surface area contributed by atoms with E-state index in [4.69, 9.17) is 9.84 Å². The molecule has 2 aromatic rings. The van der Waals surface area contributed by atoms with Crippen LogP contribution in [-0.2, 0) is 27.3 Å². The lowest BCUT2D eigenvalue weighted by Crippen LogP contribution is -2.42. The first-order chi connectivity index (χ1) is 10.6. The van der Waals surface area contributed by atoms with Crippen LogP contribution in [0.4, 0.5) is 0 Å². The van der Waals surface area contributed by atoms with E-state index in [1.807, 2.05) is 0 Å². The van der Waals surface area contributed by atoms with Crippen LogP contribution in [0.1, 0.15) is 5.56 Å². The highest BCUT2D eigenvalue weighted by Gasteiger charge is 2.18. The van der Waals surface area contributed by atoms with Crippen molar-refractivity contribution in [2.24, 2.45) is 0 Å². The number of carbonyl (C=O) groups excluding carboxylic acids is 1. The van der Waals surface area contributed by atoms with E-state index in [-0.39, 0.29) is 18.9 Å². The van der Waals surface area contributed by atoms with Crippen molar-refractivity contribution in [1.29, 1.82) is 0 Å². The lowest BCUT2D eigenvalue weighted by molar-refractivity contribution is -0.137. The Morgan fingerprint density at radius 3 is 2.64 bits per heavy atom. The van der Waals surface area contributed by atoms with Crippen LogP contribution in [0, 0.1) is 0 Å². The number of fused-ring (bicyclic) bond motifs is 1. The molecule has 0 spiro atoms. The van der Waals surface area contributed by atoms with Crippen LogP contribution in [0.2, 0.25) is 0 Å². The summed E-state index contributed by atoms with van der Waals surface area (Å²) in [6.45, 7) is 2.35. The first-order valence-corrected chi connectivity index (χ1v) is 7.03. The molecule has 1 aromatic carbocycles. The quantitative estimate of drug-likeness (QED) is 0.848. The van der Waals surface area contributed by atoms with E-state index in [0.29, 0.717) is 42.9 Å². The standard InChI is InChI=1S/C14H16N4O4/c19-13(17-3-5-22-6-4-17)9-18-15-11-2-1-10(8-14(20)21)7-12(11)16-18/h1-2,7H,3-6,8-9H2,(H,20,21). The van der Waals surface area contributed by atoms with Gasteiger partial charge in [0.05, 0.1) is 19.6 Å². The third kappa shape index (κ3) is 3.22. The fourth-order valence-corrected chi connectivity index (χ4v) is 2.39. The van der Waals surface area contributed by atoms with E-state index in [1.165, 1.54) is 4.80 Å². The van der Waals surface area contributed by atoms with Crippen LogP contribution >= 0.6 is 0 Å². The molecular formula is C14H16N4O4. The molecule has 1 fully saturated rings. The normalized spacial score (nSPS) is 15.2. The Morgan fingerprint density at radius 1 is 1.18 bits per heavy atom. The molecule has 22 heavy (non-hydrogen) atoms. The number of benzene rings is 1. The Balaban J connectivity index is 1.73. The maximum atomic E-state index is 12.1. The molecule has 0 aliphatic carbocycles. The van der Waals surface area contributed by atoms with Gasteiger partial charge in [-0.25, -0.2) is 0 Å². The molecule has 8 heteroatoms. The molecule has 0 atom stereocenters. The maximum absolute atomic E-state index is 12.1. The Labute approximate surface area is 126 Å². The van der Waals surface area contributed by atoms with E-state index in [2.05, 4.69) is 10.2 Å². The average molecular weight is 304 g/mol. The molecule has 2 heterocycles. The highest BCUT2D eigenvalue weighted by molar-refractivity contribution is 5.79. The third-order valence-electron chi connectivity index (χ3n) is 3.48. The predicted octanol–water partition coefficient (Wildman–Crippen LogP) is -0.0828. The molecule has 116 valence electrons. The number of amides is 1. The lowest BCUT2D eigenvalue weighted by Gasteiger charge is -2.26. The number of aromatic nitrogens is 3. The zero-order valence-corrected chi connectivity index (χ0v) is 11.9. The number of rotatable bonds is 4. The van der Waals surface area contributed by atoms with Crippen molar-refractivity contribution in [2.75, 3.05) is 26.3 Å². The molecule has 1 saturated heterocycles. The first kappa shape index (κ1) is 14.5. The topological polar surface area (TPSA) is 97.5 Å². The molecule has 0 saturated carbocycles. The summed E-state index contributed by atoms with van der Waals surface area (Å²) in [5.74, 6) is -0.941. The van der Waals surface area contributed by atoms with Gasteiger partial charge < -0.3 is 14.7 Å². The van der Waals surface area contributed by atoms with Crippen LogP contribution in [0.25, 0.3) is 11.0 Å². The molecule has 0 unspecified atom stereocenters. The van der Waals surface area contributed by atoms with E-state index < -0.39 is 5.97 Å². The van der Waals surface area contributed by atoms with Gasteiger partial charge in [0.25, 0.3) is 0 Å². The first-order valence-electron chi connectivity index (χ1n) is 7.03. The number of hydrogen-bond acceptors (Lipinski definition) is 5. The summed E-state index contributed by atoms with van der Waals surface area (Å²) >= 11 is 0. The highest BCUT2D eigenvalue weighted by Crippen LogP contribution is 2.12. The van der Waals surface area contributed by atoms with Crippen LogP contribution in [-0.4, -0.2) is 63.2 Å². The second-order valence-corrected chi connectivity index (χ2v) is 5.12. The van der Waals surface area contributed by atoms with Gasteiger partial charge in [-0.05, 0) is 17.7 Å². The fraction of sp³-hybridized carbons (Fsp3) is 0.429. The predicted molar refractivity (Wildman–Crippen MR) is 76.3 cm³/mol. The van der Waals surface area contributed by atoms with Gasteiger partial charge in [-0.1, -0.05) is 6.07 Å². The molecular weight excluding hydrogens is 288 g/mol. The van der Waals surface area contributed by atoms with Crippen molar-refractivity contribution in [3.63, 3.8) is 0 Å². The smallest absolute Gasteiger partial charge is 0.307 e. The van der Waals surface area contributed by atoms with Crippen molar-refractivity contribution < 1.29 is 19.4 Å². The highest BCUT2D eigenvalue weighted by atomic mass is 16.5. The minimum absolute atomic E-state index is 0.0469.